The van der Waals surface area contributed by atoms with Gasteiger partial charge in [-0.1, -0.05) is 75.9 Å². The molecule has 0 saturated carbocycles. The van der Waals surface area contributed by atoms with Crippen LogP contribution in [-0.2, 0) is 20.6 Å². The zero-order valence-electron chi connectivity index (χ0n) is 21.0. The summed E-state index contributed by atoms with van der Waals surface area (Å²) in [7, 11) is 5.04. The summed E-state index contributed by atoms with van der Waals surface area (Å²) in [5.74, 6) is -0.845. The van der Waals surface area contributed by atoms with E-state index in [9.17, 15) is 0 Å². The van der Waals surface area contributed by atoms with E-state index in [0.29, 0.717) is 12.5 Å². The first kappa shape index (κ1) is 28.6. The quantitative estimate of drug-likeness (QED) is 0.199. The van der Waals surface area contributed by atoms with Crippen LogP contribution in [0.1, 0.15) is 70.3 Å². The van der Waals surface area contributed by atoms with Crippen molar-refractivity contribution in [1.82, 2.24) is 5.32 Å². The lowest BCUT2D eigenvalue weighted by atomic mass is 9.63. The number of rotatable bonds is 20. The zero-order chi connectivity index (χ0) is 23.7. The van der Waals surface area contributed by atoms with Gasteiger partial charge in [0.1, 0.15) is 0 Å². The summed E-state index contributed by atoms with van der Waals surface area (Å²) in [6.45, 7) is 7.43. The minimum absolute atomic E-state index is 0.304. The van der Waals surface area contributed by atoms with Crippen LogP contribution < -0.4 is 11.1 Å². The number of ether oxygens (including phenoxy) is 3. The van der Waals surface area contributed by atoms with E-state index >= 15 is 0 Å². The number of nitrogens with two attached hydrogens (primary N) is 1. The van der Waals surface area contributed by atoms with Crippen molar-refractivity contribution < 1.29 is 14.2 Å². The molecule has 0 radical (unpaired) electrons. The number of hydrogen-bond acceptors (Lipinski definition) is 5. The van der Waals surface area contributed by atoms with E-state index in [1.54, 1.807) is 27.5 Å². The van der Waals surface area contributed by atoms with Crippen LogP contribution in [0.15, 0.2) is 43.1 Å². The van der Waals surface area contributed by atoms with Crippen molar-refractivity contribution in [3.63, 3.8) is 0 Å². The number of unbranched alkanes of at least 4 members (excludes halogenated alkanes) is 4. The molecule has 0 aliphatic rings. The lowest BCUT2D eigenvalue weighted by Crippen LogP contribution is -2.58. The smallest absolute Gasteiger partial charge is 0.288 e. The third-order valence-corrected chi connectivity index (χ3v) is 6.86. The molecule has 0 aromatic heterocycles. The highest BCUT2D eigenvalue weighted by molar-refractivity contribution is 5.16. The van der Waals surface area contributed by atoms with Crippen LogP contribution in [0.25, 0.3) is 0 Å². The molecule has 32 heavy (non-hydrogen) atoms. The van der Waals surface area contributed by atoms with Crippen LogP contribution in [0.3, 0.4) is 0 Å². The summed E-state index contributed by atoms with van der Waals surface area (Å²) in [6.07, 6.45) is 12.6. The second-order valence-electron chi connectivity index (χ2n) is 8.71. The summed E-state index contributed by atoms with van der Waals surface area (Å²) in [5.41, 5.74) is 7.18. The van der Waals surface area contributed by atoms with Crippen LogP contribution in [0.2, 0.25) is 0 Å². The Balaban J connectivity index is 3.36. The summed E-state index contributed by atoms with van der Waals surface area (Å²) in [4.78, 5) is 0. The Bertz CT molecular complexity index is 584. The Hall–Kier alpha value is -1.40. The number of nitrogens with one attached hydrogen (secondary N) is 1. The van der Waals surface area contributed by atoms with E-state index < -0.39 is 5.97 Å². The molecule has 0 saturated heterocycles. The van der Waals surface area contributed by atoms with Crippen molar-refractivity contribution in [1.29, 1.82) is 0 Å². The van der Waals surface area contributed by atoms with Crippen molar-refractivity contribution in [2.24, 2.45) is 17.1 Å². The maximum atomic E-state index is 6.23. The third-order valence-electron chi connectivity index (χ3n) is 6.86. The monoisotopic (exact) mass is 448 g/mol. The van der Waals surface area contributed by atoms with E-state index in [-0.39, 0.29) is 5.41 Å². The van der Waals surface area contributed by atoms with Crippen LogP contribution in [0.4, 0.5) is 0 Å². The maximum Gasteiger partial charge on any atom is 0.288 e. The lowest BCUT2D eigenvalue weighted by Gasteiger charge is -2.51. The van der Waals surface area contributed by atoms with Gasteiger partial charge in [-0.15, -0.1) is 0 Å². The molecule has 5 heteroatoms. The van der Waals surface area contributed by atoms with E-state index in [1.807, 2.05) is 0 Å². The normalized spacial score (nSPS) is 14.7. The minimum Gasteiger partial charge on any atom is -0.391 e. The lowest BCUT2D eigenvalue weighted by molar-refractivity contribution is -0.419. The van der Waals surface area contributed by atoms with Gasteiger partial charge in [0.2, 0.25) is 0 Å². The number of hydrogen-bond donors (Lipinski definition) is 2. The predicted octanol–water partition coefficient (Wildman–Crippen LogP) is 5.65. The van der Waals surface area contributed by atoms with E-state index in [4.69, 9.17) is 19.9 Å². The van der Waals surface area contributed by atoms with E-state index in [1.165, 1.54) is 37.7 Å². The van der Waals surface area contributed by atoms with Gasteiger partial charge in [0.15, 0.2) is 0 Å². The SMILES string of the molecule is C=CNCCCC(CCN)(C(CCCCCCC)Cc1ccccc1)C(OC)(OC)OC. The second kappa shape index (κ2) is 16.2. The molecule has 0 spiro atoms. The molecule has 184 valence electrons. The first-order valence-electron chi connectivity index (χ1n) is 12.3. The molecular weight excluding hydrogens is 400 g/mol. The highest BCUT2D eigenvalue weighted by Crippen LogP contribution is 2.51. The molecule has 0 aliphatic carbocycles. The van der Waals surface area contributed by atoms with Crippen LogP contribution in [-0.4, -0.2) is 40.4 Å². The Morgan fingerprint density at radius 1 is 0.969 bits per heavy atom. The fourth-order valence-corrected chi connectivity index (χ4v) is 5.28. The van der Waals surface area contributed by atoms with Gasteiger partial charge in [-0.05, 0) is 56.3 Å². The molecule has 1 aromatic carbocycles. The minimum atomic E-state index is -1.15. The van der Waals surface area contributed by atoms with E-state index in [2.05, 4.69) is 49.2 Å². The third kappa shape index (κ3) is 7.87. The standard InChI is InChI=1S/C27H48N2O3/c1-6-8-9-10-14-18-25(23-24-16-12-11-13-17-24)26(20-21-28,19-15-22-29-7-2)27(30-3,31-4)32-5/h7,11-13,16-17,25,29H,2,6,8-10,14-15,18-23,28H2,1,3-5H3. The average Bonchev–Trinajstić information content (AvgIpc) is 2.83. The van der Waals surface area contributed by atoms with Crippen LogP contribution >= 0.6 is 0 Å². The molecule has 0 aliphatic heterocycles. The Kier molecular flexibility index (Phi) is 14.5. The molecular formula is C27H48N2O3. The van der Waals surface area contributed by atoms with Gasteiger partial charge in [0.25, 0.3) is 5.97 Å². The molecule has 2 unspecified atom stereocenters. The topological polar surface area (TPSA) is 65.7 Å². The summed E-state index contributed by atoms with van der Waals surface area (Å²) in [5, 5.41) is 3.23. The molecule has 5 nitrogen and oxygen atoms in total. The summed E-state index contributed by atoms with van der Waals surface area (Å²) in [6, 6.07) is 10.7. The zero-order valence-corrected chi connectivity index (χ0v) is 21.0. The molecule has 1 aromatic rings. The molecule has 2 atom stereocenters. The Morgan fingerprint density at radius 3 is 2.19 bits per heavy atom. The summed E-state index contributed by atoms with van der Waals surface area (Å²) < 4.78 is 18.1. The second-order valence-corrected chi connectivity index (χ2v) is 8.71. The number of methoxy groups -OCH3 is 3. The van der Waals surface area contributed by atoms with Gasteiger partial charge >= 0.3 is 0 Å². The van der Waals surface area contributed by atoms with Gasteiger partial charge in [-0.25, -0.2) is 0 Å². The van der Waals surface area contributed by atoms with Gasteiger partial charge in [0, 0.05) is 27.9 Å². The molecule has 3 N–H and O–H groups in total. The van der Waals surface area contributed by atoms with Gasteiger partial charge in [-0.3, -0.25) is 0 Å². The highest BCUT2D eigenvalue weighted by Gasteiger charge is 2.56. The highest BCUT2D eigenvalue weighted by atomic mass is 16.9. The van der Waals surface area contributed by atoms with E-state index in [0.717, 1.165) is 38.6 Å². The maximum absolute atomic E-state index is 6.23. The largest absolute Gasteiger partial charge is 0.391 e. The van der Waals surface area contributed by atoms with Gasteiger partial charge in [-0.2, -0.15) is 0 Å². The molecule has 1 rings (SSSR count). The van der Waals surface area contributed by atoms with Gasteiger partial charge < -0.3 is 25.3 Å². The first-order chi connectivity index (χ1) is 15.6. The van der Waals surface area contributed by atoms with Crippen molar-refractivity contribution in [2.45, 2.75) is 77.1 Å². The van der Waals surface area contributed by atoms with Crippen LogP contribution in [0, 0.1) is 11.3 Å². The molecule has 0 fully saturated rings. The van der Waals surface area contributed by atoms with Crippen molar-refractivity contribution in [2.75, 3.05) is 34.4 Å². The van der Waals surface area contributed by atoms with Crippen molar-refractivity contribution >= 4 is 0 Å². The fraction of sp³-hybridized carbons (Fsp3) is 0.704. The van der Waals surface area contributed by atoms with Gasteiger partial charge in [0.05, 0.1) is 5.41 Å². The Labute approximate surface area is 197 Å². The fourth-order valence-electron chi connectivity index (χ4n) is 5.28. The van der Waals surface area contributed by atoms with Crippen molar-refractivity contribution in [3.8, 4) is 0 Å². The number of benzene rings is 1. The average molecular weight is 449 g/mol. The molecule has 0 bridgehead atoms. The Morgan fingerprint density at radius 2 is 1.62 bits per heavy atom. The molecule has 0 heterocycles. The first-order valence-corrected chi connectivity index (χ1v) is 12.3. The van der Waals surface area contributed by atoms with Crippen molar-refractivity contribution in [3.05, 3.63) is 48.7 Å². The van der Waals surface area contributed by atoms with Crippen LogP contribution in [0.5, 0.6) is 0 Å². The summed E-state index contributed by atoms with van der Waals surface area (Å²) >= 11 is 0. The molecule has 0 amide bonds. The predicted molar refractivity (Wildman–Crippen MR) is 134 cm³/mol.